The van der Waals surface area contributed by atoms with Crippen LogP contribution in [0.25, 0.3) is 0 Å². The van der Waals surface area contributed by atoms with Gasteiger partial charge in [0.2, 0.25) is 0 Å². The Bertz CT molecular complexity index is 447. The Morgan fingerprint density at radius 3 is 3.11 bits per heavy atom. The van der Waals surface area contributed by atoms with Crippen LogP contribution in [-0.2, 0) is 5.75 Å². The van der Waals surface area contributed by atoms with Crippen molar-refractivity contribution >= 4 is 17.7 Å². The van der Waals surface area contributed by atoms with E-state index in [1.54, 1.807) is 23.9 Å². The lowest BCUT2D eigenvalue weighted by molar-refractivity contribution is 0.0930. The highest BCUT2D eigenvalue weighted by Gasteiger charge is 2.17. The molecule has 0 saturated carbocycles. The quantitative estimate of drug-likeness (QED) is 0.889. The first-order valence-corrected chi connectivity index (χ1v) is 7.89. The zero-order valence-corrected chi connectivity index (χ0v) is 11.9. The van der Waals surface area contributed by atoms with Crippen molar-refractivity contribution in [3.05, 3.63) is 35.1 Å². The van der Waals surface area contributed by atoms with Crippen LogP contribution in [0, 0.1) is 5.82 Å². The first-order valence-electron chi connectivity index (χ1n) is 6.49. The second-order valence-corrected chi connectivity index (χ2v) is 5.62. The Hall–Kier alpha value is -1.07. The smallest absolute Gasteiger partial charge is 0.251 e. The molecule has 1 saturated heterocycles. The molecular weight excluding hydrogens is 263 g/mol. The van der Waals surface area contributed by atoms with Crippen molar-refractivity contribution in [3.63, 3.8) is 0 Å². The number of thioether (sulfide) groups is 1. The fourth-order valence-corrected chi connectivity index (χ4v) is 2.76. The lowest BCUT2D eigenvalue weighted by Gasteiger charge is -2.23. The van der Waals surface area contributed by atoms with Crippen molar-refractivity contribution in [2.45, 2.75) is 24.6 Å². The van der Waals surface area contributed by atoms with E-state index in [9.17, 15) is 9.18 Å². The maximum absolute atomic E-state index is 13.5. The Labute approximate surface area is 117 Å². The average molecular weight is 282 g/mol. The number of benzene rings is 1. The molecule has 0 spiro atoms. The fourth-order valence-electron chi connectivity index (χ4n) is 2.23. The van der Waals surface area contributed by atoms with Crippen LogP contribution in [0.4, 0.5) is 4.39 Å². The van der Waals surface area contributed by atoms with Gasteiger partial charge in [-0.15, -0.1) is 0 Å². The van der Waals surface area contributed by atoms with E-state index in [0.29, 0.717) is 16.9 Å². The number of carbonyl (C=O) groups excluding carboxylic acids is 1. The standard InChI is InChI=1S/C14H19FN2OS/c1-19-9-11-7-10(4-5-13(11)15)14(18)17-12-3-2-6-16-8-12/h4-5,7,12,16H,2-3,6,8-9H2,1H3,(H,17,18)/t12-/m0/s1. The maximum atomic E-state index is 13.5. The van der Waals surface area contributed by atoms with Crippen LogP contribution in [0.2, 0.25) is 0 Å². The van der Waals surface area contributed by atoms with Gasteiger partial charge in [0.15, 0.2) is 0 Å². The van der Waals surface area contributed by atoms with Crippen LogP contribution in [-0.4, -0.2) is 31.3 Å². The molecule has 1 aromatic rings. The van der Waals surface area contributed by atoms with Gasteiger partial charge in [-0.25, -0.2) is 4.39 Å². The van der Waals surface area contributed by atoms with Crippen molar-refractivity contribution in [2.75, 3.05) is 19.3 Å². The van der Waals surface area contributed by atoms with Crippen LogP contribution >= 0.6 is 11.8 Å². The molecule has 5 heteroatoms. The number of rotatable bonds is 4. The monoisotopic (exact) mass is 282 g/mol. The predicted octanol–water partition coefficient (Wildman–Crippen LogP) is 2.17. The van der Waals surface area contributed by atoms with Crippen molar-refractivity contribution in [2.24, 2.45) is 0 Å². The third-order valence-electron chi connectivity index (χ3n) is 3.24. The topological polar surface area (TPSA) is 41.1 Å². The normalized spacial score (nSPS) is 19.2. The third kappa shape index (κ3) is 3.94. The third-order valence-corrected chi connectivity index (χ3v) is 3.84. The highest BCUT2D eigenvalue weighted by atomic mass is 32.2. The number of amides is 1. The van der Waals surface area contributed by atoms with Crippen LogP contribution in [0.15, 0.2) is 18.2 Å². The molecule has 104 valence electrons. The maximum Gasteiger partial charge on any atom is 0.251 e. The fraction of sp³-hybridized carbons (Fsp3) is 0.500. The first-order chi connectivity index (χ1) is 9.20. The molecule has 1 heterocycles. The summed E-state index contributed by atoms with van der Waals surface area (Å²) >= 11 is 1.54. The SMILES string of the molecule is CSCc1cc(C(=O)N[C@H]2CCCNC2)ccc1F. The van der Waals surface area contributed by atoms with E-state index in [0.717, 1.165) is 25.9 Å². The molecule has 2 rings (SSSR count). The van der Waals surface area contributed by atoms with E-state index < -0.39 is 0 Å². The summed E-state index contributed by atoms with van der Waals surface area (Å²) in [6.45, 7) is 1.82. The minimum absolute atomic E-state index is 0.115. The summed E-state index contributed by atoms with van der Waals surface area (Å²) in [6, 6.07) is 4.75. The van der Waals surface area contributed by atoms with Gasteiger partial charge in [-0.3, -0.25) is 4.79 Å². The molecule has 0 aliphatic carbocycles. The Morgan fingerprint density at radius 1 is 1.58 bits per heavy atom. The Kier molecular flexibility index (Phi) is 5.22. The van der Waals surface area contributed by atoms with Gasteiger partial charge in [0, 0.05) is 23.9 Å². The lowest BCUT2D eigenvalue weighted by atomic mass is 10.1. The van der Waals surface area contributed by atoms with Gasteiger partial charge in [0.05, 0.1) is 0 Å². The molecule has 1 aliphatic heterocycles. The van der Waals surface area contributed by atoms with Gasteiger partial charge in [-0.1, -0.05) is 0 Å². The largest absolute Gasteiger partial charge is 0.348 e. The molecule has 19 heavy (non-hydrogen) atoms. The average Bonchev–Trinajstić information content (AvgIpc) is 2.42. The minimum Gasteiger partial charge on any atom is -0.348 e. The van der Waals surface area contributed by atoms with E-state index in [2.05, 4.69) is 10.6 Å². The summed E-state index contributed by atoms with van der Waals surface area (Å²) in [5.74, 6) is 0.221. The second-order valence-electron chi connectivity index (χ2n) is 4.76. The number of piperidine rings is 1. The lowest BCUT2D eigenvalue weighted by Crippen LogP contribution is -2.45. The summed E-state index contributed by atoms with van der Waals surface area (Å²) < 4.78 is 13.5. The highest BCUT2D eigenvalue weighted by molar-refractivity contribution is 7.97. The van der Waals surface area contributed by atoms with Gasteiger partial charge in [-0.05, 0) is 49.4 Å². The number of hydrogen-bond donors (Lipinski definition) is 2. The van der Waals surface area contributed by atoms with Crippen molar-refractivity contribution in [1.82, 2.24) is 10.6 Å². The van der Waals surface area contributed by atoms with Crippen molar-refractivity contribution in [1.29, 1.82) is 0 Å². The van der Waals surface area contributed by atoms with Gasteiger partial charge in [0.25, 0.3) is 5.91 Å². The summed E-state index contributed by atoms with van der Waals surface area (Å²) in [5, 5.41) is 6.25. The molecular formula is C14H19FN2OS. The summed E-state index contributed by atoms with van der Waals surface area (Å²) in [7, 11) is 0. The predicted molar refractivity (Wildman–Crippen MR) is 77.0 cm³/mol. The zero-order valence-electron chi connectivity index (χ0n) is 11.0. The van der Waals surface area contributed by atoms with E-state index in [-0.39, 0.29) is 17.8 Å². The Balaban J connectivity index is 2.03. The van der Waals surface area contributed by atoms with Gasteiger partial charge >= 0.3 is 0 Å². The van der Waals surface area contributed by atoms with E-state index >= 15 is 0 Å². The summed E-state index contributed by atoms with van der Waals surface area (Å²) in [5.41, 5.74) is 1.12. The van der Waals surface area contributed by atoms with Gasteiger partial charge in [-0.2, -0.15) is 11.8 Å². The molecule has 1 fully saturated rings. The molecule has 2 N–H and O–H groups in total. The molecule has 1 amide bonds. The van der Waals surface area contributed by atoms with Crippen molar-refractivity contribution in [3.8, 4) is 0 Å². The first kappa shape index (κ1) is 14.3. The molecule has 0 unspecified atom stereocenters. The molecule has 0 bridgehead atoms. The summed E-state index contributed by atoms with van der Waals surface area (Å²) in [4.78, 5) is 12.1. The Morgan fingerprint density at radius 2 is 2.42 bits per heavy atom. The van der Waals surface area contributed by atoms with Gasteiger partial charge < -0.3 is 10.6 Å². The van der Waals surface area contributed by atoms with Crippen molar-refractivity contribution < 1.29 is 9.18 Å². The highest BCUT2D eigenvalue weighted by Crippen LogP contribution is 2.16. The van der Waals surface area contributed by atoms with E-state index in [1.807, 2.05) is 6.26 Å². The molecule has 1 aromatic carbocycles. The van der Waals surface area contributed by atoms with Crippen LogP contribution in [0.5, 0.6) is 0 Å². The second kappa shape index (κ2) is 6.91. The molecule has 1 aliphatic rings. The van der Waals surface area contributed by atoms with Crippen LogP contribution < -0.4 is 10.6 Å². The molecule has 0 aromatic heterocycles. The molecule has 0 radical (unpaired) electrons. The minimum atomic E-state index is -0.245. The number of nitrogens with one attached hydrogen (secondary N) is 2. The number of carbonyl (C=O) groups is 1. The summed E-state index contributed by atoms with van der Waals surface area (Å²) in [6.07, 6.45) is 3.99. The van der Waals surface area contributed by atoms with Crippen LogP contribution in [0.3, 0.4) is 0 Å². The number of halogens is 1. The van der Waals surface area contributed by atoms with E-state index in [1.165, 1.54) is 6.07 Å². The van der Waals surface area contributed by atoms with Crippen LogP contribution in [0.1, 0.15) is 28.8 Å². The zero-order chi connectivity index (χ0) is 13.7. The molecule has 3 nitrogen and oxygen atoms in total. The molecule has 1 atom stereocenters. The number of hydrogen-bond acceptors (Lipinski definition) is 3. The van der Waals surface area contributed by atoms with E-state index in [4.69, 9.17) is 0 Å². The van der Waals surface area contributed by atoms with Gasteiger partial charge in [0.1, 0.15) is 5.82 Å².